The zero-order valence-electron chi connectivity index (χ0n) is 10.5. The van der Waals surface area contributed by atoms with Crippen LogP contribution in [-0.4, -0.2) is 16.1 Å². The maximum Gasteiger partial charge on any atom is 0.357 e. The normalized spacial score (nSPS) is 10.4. The molecule has 1 aromatic heterocycles. The van der Waals surface area contributed by atoms with Crippen LogP contribution in [0, 0.1) is 0 Å². The number of aromatic nitrogens is 1. The molecule has 1 N–H and O–H groups in total. The molecule has 0 amide bonds. The summed E-state index contributed by atoms with van der Waals surface area (Å²) in [5.74, 6) is -0.789. The summed E-state index contributed by atoms with van der Waals surface area (Å²) in [7, 11) is 0. The molecular weight excluding hydrogens is 254 g/mol. The van der Waals surface area contributed by atoms with E-state index in [2.05, 4.69) is 4.98 Å². The maximum atomic E-state index is 10.8. The Morgan fingerprint density at radius 3 is 2.10 bits per heavy atom. The Morgan fingerprint density at radius 1 is 0.900 bits per heavy atom. The van der Waals surface area contributed by atoms with Crippen molar-refractivity contribution in [3.05, 3.63) is 66.6 Å². The first-order valence-corrected chi connectivity index (χ1v) is 6.09. The Labute approximate surface area is 115 Å². The Bertz CT molecular complexity index is 730. The smallest absolute Gasteiger partial charge is 0.357 e. The number of carboxylic acid groups (broad SMARTS) is 1. The van der Waals surface area contributed by atoms with Crippen LogP contribution in [-0.2, 0) is 0 Å². The maximum absolute atomic E-state index is 10.8. The van der Waals surface area contributed by atoms with Gasteiger partial charge >= 0.3 is 5.97 Å². The van der Waals surface area contributed by atoms with Crippen molar-refractivity contribution in [3.63, 3.8) is 0 Å². The monoisotopic (exact) mass is 265 g/mol. The molecule has 2 aromatic carbocycles. The molecule has 98 valence electrons. The van der Waals surface area contributed by atoms with Gasteiger partial charge in [0.2, 0.25) is 5.89 Å². The van der Waals surface area contributed by atoms with E-state index < -0.39 is 5.97 Å². The van der Waals surface area contributed by atoms with Crippen molar-refractivity contribution in [2.45, 2.75) is 0 Å². The predicted molar refractivity (Wildman–Crippen MR) is 74.3 cm³/mol. The van der Waals surface area contributed by atoms with Gasteiger partial charge in [-0.15, -0.1) is 0 Å². The summed E-state index contributed by atoms with van der Waals surface area (Å²) in [4.78, 5) is 14.7. The highest BCUT2D eigenvalue weighted by Gasteiger charge is 2.11. The van der Waals surface area contributed by atoms with Crippen molar-refractivity contribution in [3.8, 4) is 22.6 Å². The zero-order valence-corrected chi connectivity index (χ0v) is 10.5. The summed E-state index contributed by atoms with van der Waals surface area (Å²) >= 11 is 0. The van der Waals surface area contributed by atoms with E-state index >= 15 is 0 Å². The van der Waals surface area contributed by atoms with Crippen LogP contribution in [0.3, 0.4) is 0 Å². The molecule has 0 aliphatic carbocycles. The quantitative estimate of drug-likeness (QED) is 0.784. The zero-order chi connectivity index (χ0) is 13.9. The third kappa shape index (κ3) is 2.31. The molecule has 0 radical (unpaired) electrons. The number of rotatable bonds is 3. The molecule has 0 spiro atoms. The molecule has 0 saturated carbocycles. The van der Waals surface area contributed by atoms with Gasteiger partial charge in [0, 0.05) is 5.56 Å². The first kappa shape index (κ1) is 12.2. The third-order valence-corrected chi connectivity index (χ3v) is 2.96. The van der Waals surface area contributed by atoms with Crippen LogP contribution in [0.4, 0.5) is 0 Å². The summed E-state index contributed by atoms with van der Waals surface area (Å²) in [6.07, 6.45) is 1.14. The fourth-order valence-corrected chi connectivity index (χ4v) is 1.94. The van der Waals surface area contributed by atoms with Crippen LogP contribution >= 0.6 is 0 Å². The minimum atomic E-state index is -1.10. The number of oxazole rings is 1. The van der Waals surface area contributed by atoms with Crippen molar-refractivity contribution in [1.29, 1.82) is 0 Å². The Hall–Kier alpha value is -2.88. The SMILES string of the molecule is O=C(O)c1coc(-c2ccc(-c3ccccc3)cc2)n1. The number of benzene rings is 2. The molecule has 20 heavy (non-hydrogen) atoms. The number of aromatic carboxylic acids is 1. The number of carboxylic acids is 1. The fourth-order valence-electron chi connectivity index (χ4n) is 1.94. The molecule has 0 aliphatic rings. The van der Waals surface area contributed by atoms with Gasteiger partial charge in [-0.2, -0.15) is 0 Å². The van der Waals surface area contributed by atoms with Gasteiger partial charge in [0.25, 0.3) is 0 Å². The second kappa shape index (κ2) is 5.01. The largest absolute Gasteiger partial charge is 0.476 e. The van der Waals surface area contributed by atoms with Crippen LogP contribution in [0.5, 0.6) is 0 Å². The molecule has 4 heteroatoms. The molecule has 0 saturated heterocycles. The van der Waals surface area contributed by atoms with Crippen LogP contribution in [0.2, 0.25) is 0 Å². The van der Waals surface area contributed by atoms with Gasteiger partial charge in [-0.3, -0.25) is 0 Å². The van der Waals surface area contributed by atoms with Crippen LogP contribution in [0.25, 0.3) is 22.6 Å². The summed E-state index contributed by atoms with van der Waals surface area (Å²) in [5.41, 5.74) is 2.86. The van der Waals surface area contributed by atoms with E-state index in [0.29, 0.717) is 5.89 Å². The molecule has 3 aromatic rings. The molecule has 0 fully saturated rings. The molecule has 0 atom stereocenters. The molecule has 0 unspecified atom stereocenters. The lowest BCUT2D eigenvalue weighted by molar-refractivity contribution is 0.0690. The minimum Gasteiger partial charge on any atom is -0.476 e. The van der Waals surface area contributed by atoms with Gasteiger partial charge < -0.3 is 9.52 Å². The van der Waals surface area contributed by atoms with Gasteiger partial charge in [-0.25, -0.2) is 9.78 Å². The number of nitrogens with zero attached hydrogens (tertiary/aromatic N) is 1. The topological polar surface area (TPSA) is 63.3 Å². The van der Waals surface area contributed by atoms with Crippen molar-refractivity contribution < 1.29 is 14.3 Å². The average molecular weight is 265 g/mol. The first-order chi connectivity index (χ1) is 9.74. The van der Waals surface area contributed by atoms with E-state index in [1.807, 2.05) is 54.6 Å². The van der Waals surface area contributed by atoms with Gasteiger partial charge in [0.05, 0.1) is 0 Å². The average Bonchev–Trinajstić information content (AvgIpc) is 2.98. The lowest BCUT2D eigenvalue weighted by atomic mass is 10.0. The van der Waals surface area contributed by atoms with Gasteiger partial charge in [-0.1, -0.05) is 42.5 Å². The fraction of sp³-hybridized carbons (Fsp3) is 0. The highest BCUT2D eigenvalue weighted by molar-refractivity contribution is 5.85. The Kier molecular flexibility index (Phi) is 3.05. The van der Waals surface area contributed by atoms with E-state index in [-0.39, 0.29) is 5.69 Å². The van der Waals surface area contributed by atoms with E-state index in [9.17, 15) is 4.79 Å². The van der Waals surface area contributed by atoms with E-state index in [1.165, 1.54) is 0 Å². The lowest BCUT2D eigenvalue weighted by Gasteiger charge is -2.02. The number of hydrogen-bond acceptors (Lipinski definition) is 3. The van der Waals surface area contributed by atoms with Crippen molar-refractivity contribution in [2.75, 3.05) is 0 Å². The van der Waals surface area contributed by atoms with E-state index in [1.54, 1.807) is 0 Å². The second-order valence-electron chi connectivity index (χ2n) is 4.29. The van der Waals surface area contributed by atoms with Gasteiger partial charge in [0.15, 0.2) is 5.69 Å². The third-order valence-electron chi connectivity index (χ3n) is 2.96. The molecule has 4 nitrogen and oxygen atoms in total. The van der Waals surface area contributed by atoms with Crippen molar-refractivity contribution in [2.24, 2.45) is 0 Å². The van der Waals surface area contributed by atoms with E-state index in [0.717, 1.165) is 23.0 Å². The molecule has 0 aliphatic heterocycles. The molecule has 3 rings (SSSR count). The van der Waals surface area contributed by atoms with Crippen LogP contribution in [0.1, 0.15) is 10.5 Å². The Balaban J connectivity index is 1.91. The minimum absolute atomic E-state index is 0.0906. The second-order valence-corrected chi connectivity index (χ2v) is 4.29. The van der Waals surface area contributed by atoms with Gasteiger partial charge in [0.1, 0.15) is 6.26 Å². The first-order valence-electron chi connectivity index (χ1n) is 6.09. The number of hydrogen-bond donors (Lipinski definition) is 1. The predicted octanol–water partition coefficient (Wildman–Crippen LogP) is 3.71. The van der Waals surface area contributed by atoms with Crippen molar-refractivity contribution in [1.82, 2.24) is 4.98 Å². The lowest BCUT2D eigenvalue weighted by Crippen LogP contribution is -1.95. The number of carbonyl (C=O) groups is 1. The highest BCUT2D eigenvalue weighted by Crippen LogP contribution is 2.24. The summed E-state index contributed by atoms with van der Waals surface area (Å²) < 4.78 is 5.17. The molecular formula is C16H11NO3. The summed E-state index contributed by atoms with van der Waals surface area (Å²) in [5, 5.41) is 8.82. The standard InChI is InChI=1S/C16H11NO3/c18-16(19)14-10-20-15(17-14)13-8-6-12(7-9-13)11-4-2-1-3-5-11/h1-10H,(H,18,19). The summed E-state index contributed by atoms with van der Waals surface area (Å²) in [6, 6.07) is 17.6. The van der Waals surface area contributed by atoms with Crippen LogP contribution < -0.4 is 0 Å². The van der Waals surface area contributed by atoms with Crippen molar-refractivity contribution >= 4 is 5.97 Å². The highest BCUT2D eigenvalue weighted by atomic mass is 16.4. The summed E-state index contributed by atoms with van der Waals surface area (Å²) in [6.45, 7) is 0. The Morgan fingerprint density at radius 2 is 1.50 bits per heavy atom. The molecule has 0 bridgehead atoms. The van der Waals surface area contributed by atoms with E-state index in [4.69, 9.17) is 9.52 Å². The van der Waals surface area contributed by atoms with Crippen LogP contribution in [0.15, 0.2) is 65.3 Å². The molecule has 1 heterocycles. The van der Waals surface area contributed by atoms with Gasteiger partial charge in [-0.05, 0) is 23.3 Å².